The summed E-state index contributed by atoms with van der Waals surface area (Å²) in [7, 11) is 0. The minimum atomic E-state index is 0.276. The Morgan fingerprint density at radius 1 is 1.50 bits per heavy atom. The zero-order chi connectivity index (χ0) is 11.5. The number of imidazole rings is 1. The van der Waals surface area contributed by atoms with E-state index in [0.29, 0.717) is 0 Å². The lowest BCUT2D eigenvalue weighted by atomic mass is 10.2. The van der Waals surface area contributed by atoms with E-state index in [1.807, 2.05) is 35.9 Å². The summed E-state index contributed by atoms with van der Waals surface area (Å²) in [6.45, 7) is 2.00. The van der Waals surface area contributed by atoms with Gasteiger partial charge >= 0.3 is 0 Å². The first-order chi connectivity index (χ1) is 7.66. The lowest BCUT2D eigenvalue weighted by Gasteiger charge is -2.10. The summed E-state index contributed by atoms with van der Waals surface area (Å²) in [4.78, 5) is 4.01. The third kappa shape index (κ3) is 2.20. The fourth-order valence-electron chi connectivity index (χ4n) is 1.49. The number of thiocarbonyl (C=S) groups is 1. The number of nitrogens with zero attached hydrogens (tertiary/aromatic N) is 2. The van der Waals surface area contributed by atoms with Gasteiger partial charge in [-0.2, -0.15) is 0 Å². The summed E-state index contributed by atoms with van der Waals surface area (Å²) < 4.78 is 1.94. The molecule has 0 spiro atoms. The van der Waals surface area contributed by atoms with Crippen LogP contribution in [0.4, 0.5) is 5.69 Å². The van der Waals surface area contributed by atoms with Gasteiger partial charge in [-0.25, -0.2) is 4.98 Å². The zero-order valence-corrected chi connectivity index (χ0v) is 9.66. The van der Waals surface area contributed by atoms with Crippen LogP contribution in [0.15, 0.2) is 36.9 Å². The van der Waals surface area contributed by atoms with Crippen LogP contribution in [0.3, 0.4) is 0 Å². The molecule has 1 aromatic heterocycles. The molecule has 0 amide bonds. The molecule has 0 fully saturated rings. The van der Waals surface area contributed by atoms with Crippen LogP contribution in [0.2, 0.25) is 0 Å². The van der Waals surface area contributed by atoms with Crippen molar-refractivity contribution in [1.29, 1.82) is 0 Å². The topological polar surface area (TPSA) is 55.9 Å². The van der Waals surface area contributed by atoms with E-state index in [1.54, 1.807) is 12.5 Å². The van der Waals surface area contributed by atoms with Gasteiger partial charge in [0.1, 0.15) is 0 Å². The van der Waals surface area contributed by atoms with Gasteiger partial charge in [-0.3, -0.25) is 0 Å². The molecule has 0 aliphatic heterocycles. The van der Waals surface area contributed by atoms with Crippen LogP contribution >= 0.6 is 12.2 Å². The molecule has 0 atom stereocenters. The van der Waals surface area contributed by atoms with Crippen molar-refractivity contribution in [1.82, 2.24) is 9.55 Å². The van der Waals surface area contributed by atoms with Gasteiger partial charge in [0, 0.05) is 23.8 Å². The predicted octanol–water partition coefficient (Wildman–Crippen LogP) is 1.84. The maximum Gasteiger partial charge on any atom is 0.168 e. The van der Waals surface area contributed by atoms with Gasteiger partial charge in [-0.1, -0.05) is 0 Å². The highest BCUT2D eigenvalue weighted by atomic mass is 32.1. The second-order valence-electron chi connectivity index (χ2n) is 3.46. The van der Waals surface area contributed by atoms with Crippen LogP contribution in [-0.4, -0.2) is 14.7 Å². The first-order valence-electron chi connectivity index (χ1n) is 4.82. The molecule has 0 aliphatic carbocycles. The highest BCUT2D eigenvalue weighted by Crippen LogP contribution is 2.18. The third-order valence-corrected chi connectivity index (χ3v) is 2.37. The largest absolute Gasteiger partial charge is 0.376 e. The van der Waals surface area contributed by atoms with E-state index < -0.39 is 0 Å². The number of anilines is 1. The second-order valence-corrected chi connectivity index (χ2v) is 3.90. The zero-order valence-electron chi connectivity index (χ0n) is 8.84. The lowest BCUT2D eigenvalue weighted by molar-refractivity contribution is 1.05. The molecule has 5 heteroatoms. The molecule has 1 heterocycles. The Hall–Kier alpha value is -1.88. The van der Waals surface area contributed by atoms with Crippen molar-refractivity contribution in [3.05, 3.63) is 42.5 Å². The summed E-state index contributed by atoms with van der Waals surface area (Å²) in [5, 5.41) is 3.21. The summed E-state index contributed by atoms with van der Waals surface area (Å²) in [6.07, 6.45) is 5.40. The third-order valence-electron chi connectivity index (χ3n) is 2.27. The smallest absolute Gasteiger partial charge is 0.168 e. The summed E-state index contributed by atoms with van der Waals surface area (Å²) >= 11 is 4.80. The highest BCUT2D eigenvalue weighted by molar-refractivity contribution is 7.80. The number of aryl methyl sites for hydroxylation is 1. The molecule has 82 valence electrons. The van der Waals surface area contributed by atoms with Crippen molar-refractivity contribution >= 4 is 23.0 Å². The molecule has 2 rings (SSSR count). The van der Waals surface area contributed by atoms with Crippen LogP contribution in [0.25, 0.3) is 5.69 Å². The molecule has 0 saturated heterocycles. The molecule has 0 unspecified atom stereocenters. The molecule has 4 nitrogen and oxygen atoms in total. The van der Waals surface area contributed by atoms with Crippen LogP contribution in [0, 0.1) is 6.92 Å². The van der Waals surface area contributed by atoms with Crippen LogP contribution in [-0.2, 0) is 0 Å². The summed E-state index contributed by atoms with van der Waals surface area (Å²) in [6, 6.07) is 5.97. The normalized spacial score (nSPS) is 10.1. The monoisotopic (exact) mass is 232 g/mol. The maximum absolute atomic E-state index is 5.43. The van der Waals surface area contributed by atoms with Gasteiger partial charge in [0.15, 0.2) is 5.11 Å². The molecule has 0 saturated carbocycles. The summed E-state index contributed by atoms with van der Waals surface area (Å²) in [5.74, 6) is 0. The SMILES string of the molecule is Cc1cc(-n2ccnc2)ccc1NC(N)=S. The average Bonchev–Trinajstić information content (AvgIpc) is 2.73. The van der Waals surface area contributed by atoms with Crippen LogP contribution < -0.4 is 11.1 Å². The van der Waals surface area contributed by atoms with Gasteiger partial charge in [0.25, 0.3) is 0 Å². The molecule has 0 radical (unpaired) electrons. The fourth-order valence-corrected chi connectivity index (χ4v) is 1.60. The van der Waals surface area contributed by atoms with Crippen molar-refractivity contribution in [3.63, 3.8) is 0 Å². The maximum atomic E-state index is 5.43. The molecule has 0 bridgehead atoms. The Morgan fingerprint density at radius 2 is 2.31 bits per heavy atom. The van der Waals surface area contributed by atoms with E-state index >= 15 is 0 Å². The lowest BCUT2D eigenvalue weighted by Crippen LogP contribution is -2.19. The molecular weight excluding hydrogens is 220 g/mol. The number of benzene rings is 1. The average molecular weight is 232 g/mol. The van der Waals surface area contributed by atoms with E-state index in [9.17, 15) is 0 Å². The number of hydrogen-bond donors (Lipinski definition) is 2. The van der Waals surface area contributed by atoms with Gasteiger partial charge in [0.2, 0.25) is 0 Å². The standard InChI is InChI=1S/C11H12N4S/c1-8-6-9(15-5-4-13-7-15)2-3-10(8)14-11(12)16/h2-7H,1H3,(H3,12,14,16). The van der Waals surface area contributed by atoms with Gasteiger partial charge in [0.05, 0.1) is 6.33 Å². The Bertz CT molecular complexity index is 505. The van der Waals surface area contributed by atoms with Crippen molar-refractivity contribution in [2.45, 2.75) is 6.92 Å². The van der Waals surface area contributed by atoms with Crippen molar-refractivity contribution < 1.29 is 0 Å². The molecule has 0 aliphatic rings. The van der Waals surface area contributed by atoms with Crippen molar-refractivity contribution in [2.24, 2.45) is 5.73 Å². The first-order valence-corrected chi connectivity index (χ1v) is 5.23. The second kappa shape index (κ2) is 4.32. The Balaban J connectivity index is 2.33. The van der Waals surface area contributed by atoms with Crippen molar-refractivity contribution in [2.75, 3.05) is 5.32 Å². The van der Waals surface area contributed by atoms with Gasteiger partial charge in [-0.05, 0) is 42.9 Å². The minimum Gasteiger partial charge on any atom is -0.376 e. The van der Waals surface area contributed by atoms with E-state index in [-0.39, 0.29) is 5.11 Å². The van der Waals surface area contributed by atoms with Crippen LogP contribution in [0.1, 0.15) is 5.56 Å². The van der Waals surface area contributed by atoms with Gasteiger partial charge < -0.3 is 15.6 Å². The molecule has 3 N–H and O–H groups in total. The number of nitrogens with one attached hydrogen (secondary N) is 1. The Kier molecular flexibility index (Phi) is 2.87. The van der Waals surface area contributed by atoms with Gasteiger partial charge in [-0.15, -0.1) is 0 Å². The molecule has 16 heavy (non-hydrogen) atoms. The fraction of sp³-hybridized carbons (Fsp3) is 0.0909. The van der Waals surface area contributed by atoms with Crippen LogP contribution in [0.5, 0.6) is 0 Å². The van der Waals surface area contributed by atoms with E-state index in [4.69, 9.17) is 18.0 Å². The number of nitrogens with two attached hydrogens (primary N) is 1. The number of rotatable bonds is 2. The number of hydrogen-bond acceptors (Lipinski definition) is 2. The van der Waals surface area contributed by atoms with Crippen molar-refractivity contribution in [3.8, 4) is 5.69 Å². The highest BCUT2D eigenvalue weighted by Gasteiger charge is 2.01. The quantitative estimate of drug-likeness (QED) is 0.776. The number of aromatic nitrogens is 2. The molecule has 1 aromatic carbocycles. The molecule has 2 aromatic rings. The van der Waals surface area contributed by atoms with E-state index in [0.717, 1.165) is 16.9 Å². The first kappa shape index (κ1) is 10.6. The molecular formula is C11H12N4S. The summed E-state index contributed by atoms with van der Waals surface area (Å²) in [5.41, 5.74) is 8.50. The van der Waals surface area contributed by atoms with E-state index in [1.165, 1.54) is 0 Å². The Labute approximate surface area is 99.1 Å². The minimum absolute atomic E-state index is 0.276. The van der Waals surface area contributed by atoms with E-state index in [2.05, 4.69) is 10.3 Å². The predicted molar refractivity (Wildman–Crippen MR) is 68.7 cm³/mol. The Morgan fingerprint density at radius 3 is 2.88 bits per heavy atom.